The maximum atomic E-state index is 4.43. The molecule has 0 spiro atoms. The van der Waals surface area contributed by atoms with Gasteiger partial charge >= 0.3 is 0 Å². The van der Waals surface area contributed by atoms with Crippen molar-refractivity contribution in [1.82, 2.24) is 14.9 Å². The number of hydrogen-bond acceptors (Lipinski definition) is 3. The van der Waals surface area contributed by atoms with E-state index >= 15 is 0 Å². The highest BCUT2D eigenvalue weighted by atomic mass is 15.1. The largest absolute Gasteiger partial charge is 0.376 e. The summed E-state index contributed by atoms with van der Waals surface area (Å²) in [6, 6.07) is 2.12. The van der Waals surface area contributed by atoms with E-state index in [1.165, 1.54) is 16.7 Å². The molecule has 0 atom stereocenters. The van der Waals surface area contributed by atoms with Gasteiger partial charge in [-0.1, -0.05) is 0 Å². The van der Waals surface area contributed by atoms with Gasteiger partial charge in [-0.05, 0) is 36.4 Å². The van der Waals surface area contributed by atoms with Crippen LogP contribution in [0.1, 0.15) is 16.7 Å². The van der Waals surface area contributed by atoms with Crippen molar-refractivity contribution in [3.8, 4) is 0 Å². The van der Waals surface area contributed by atoms with Crippen LogP contribution < -0.4 is 0 Å². The van der Waals surface area contributed by atoms with Crippen LogP contribution in [-0.4, -0.2) is 21.9 Å². The molecule has 80 valence electrons. The molecule has 0 bridgehead atoms. The Morgan fingerprint density at radius 1 is 1.25 bits per heavy atom. The second-order valence-corrected chi connectivity index (χ2v) is 4.24. The van der Waals surface area contributed by atoms with Crippen LogP contribution in [0.3, 0.4) is 0 Å². The SMILES string of the molecule is Cc1cc2nccnc2c2c1CN(C)C=C2. The minimum absolute atomic E-state index is 0.949. The Morgan fingerprint density at radius 2 is 2.06 bits per heavy atom. The molecule has 0 aliphatic carbocycles. The first kappa shape index (κ1) is 9.33. The summed E-state index contributed by atoms with van der Waals surface area (Å²) < 4.78 is 0. The quantitative estimate of drug-likeness (QED) is 0.669. The van der Waals surface area contributed by atoms with E-state index < -0.39 is 0 Å². The fourth-order valence-corrected chi connectivity index (χ4v) is 2.20. The van der Waals surface area contributed by atoms with Crippen molar-refractivity contribution >= 4 is 17.1 Å². The zero-order chi connectivity index (χ0) is 11.1. The molecule has 1 aromatic heterocycles. The molecule has 0 radical (unpaired) electrons. The van der Waals surface area contributed by atoms with E-state index in [-0.39, 0.29) is 0 Å². The first-order valence-corrected chi connectivity index (χ1v) is 5.37. The number of nitrogens with zero attached hydrogens (tertiary/aromatic N) is 3. The Morgan fingerprint density at radius 3 is 2.94 bits per heavy atom. The van der Waals surface area contributed by atoms with E-state index in [1.807, 2.05) is 0 Å². The molecule has 3 rings (SSSR count). The number of aryl methyl sites for hydroxylation is 1. The predicted molar refractivity (Wildman–Crippen MR) is 64.8 cm³/mol. The lowest BCUT2D eigenvalue weighted by molar-refractivity contribution is 0.447. The average molecular weight is 211 g/mol. The molecule has 3 nitrogen and oxygen atoms in total. The smallest absolute Gasteiger partial charge is 0.0963 e. The van der Waals surface area contributed by atoms with Crippen LogP contribution in [0.2, 0.25) is 0 Å². The molecular weight excluding hydrogens is 198 g/mol. The molecule has 2 heterocycles. The molecule has 16 heavy (non-hydrogen) atoms. The monoisotopic (exact) mass is 211 g/mol. The fraction of sp³-hybridized carbons (Fsp3) is 0.231. The number of aromatic nitrogens is 2. The molecule has 0 amide bonds. The lowest BCUT2D eigenvalue weighted by Gasteiger charge is -2.23. The van der Waals surface area contributed by atoms with Gasteiger partial charge in [0, 0.05) is 31.5 Å². The van der Waals surface area contributed by atoms with Crippen LogP contribution in [0.4, 0.5) is 0 Å². The minimum atomic E-state index is 0.949. The Kier molecular flexibility index (Phi) is 1.93. The molecule has 3 heteroatoms. The second kappa shape index (κ2) is 3.30. The minimum Gasteiger partial charge on any atom is -0.376 e. The highest BCUT2D eigenvalue weighted by Gasteiger charge is 2.14. The Bertz CT molecular complexity index is 587. The highest BCUT2D eigenvalue weighted by molar-refractivity contribution is 5.87. The van der Waals surface area contributed by atoms with Crippen LogP contribution in [0.25, 0.3) is 17.1 Å². The molecule has 1 aromatic carbocycles. The summed E-state index contributed by atoms with van der Waals surface area (Å²) in [5.41, 5.74) is 5.86. The van der Waals surface area contributed by atoms with Crippen molar-refractivity contribution < 1.29 is 0 Å². The van der Waals surface area contributed by atoms with Crippen LogP contribution in [0, 0.1) is 6.92 Å². The van der Waals surface area contributed by atoms with Gasteiger partial charge < -0.3 is 4.90 Å². The molecule has 2 aromatic rings. The van der Waals surface area contributed by atoms with Gasteiger partial charge in [0.15, 0.2) is 0 Å². The molecule has 0 fully saturated rings. The van der Waals surface area contributed by atoms with Gasteiger partial charge in [-0.2, -0.15) is 0 Å². The number of hydrogen-bond donors (Lipinski definition) is 0. The summed E-state index contributed by atoms with van der Waals surface area (Å²) in [5.74, 6) is 0. The zero-order valence-corrected chi connectivity index (χ0v) is 9.44. The van der Waals surface area contributed by atoms with Crippen molar-refractivity contribution in [2.24, 2.45) is 0 Å². The average Bonchev–Trinajstić information content (AvgIpc) is 2.29. The molecule has 0 saturated heterocycles. The van der Waals surface area contributed by atoms with Crippen LogP contribution >= 0.6 is 0 Å². The van der Waals surface area contributed by atoms with Gasteiger partial charge in [0.2, 0.25) is 0 Å². The van der Waals surface area contributed by atoms with E-state index in [1.54, 1.807) is 12.4 Å². The van der Waals surface area contributed by atoms with E-state index in [0.717, 1.165) is 17.6 Å². The molecule has 1 aliphatic heterocycles. The molecule has 0 saturated carbocycles. The van der Waals surface area contributed by atoms with Crippen molar-refractivity contribution in [3.05, 3.63) is 41.4 Å². The van der Waals surface area contributed by atoms with Gasteiger partial charge in [0.1, 0.15) is 0 Å². The summed E-state index contributed by atoms with van der Waals surface area (Å²) in [6.07, 6.45) is 7.72. The third-order valence-corrected chi connectivity index (χ3v) is 3.04. The Hall–Kier alpha value is -1.90. The molecule has 0 N–H and O–H groups in total. The van der Waals surface area contributed by atoms with Crippen molar-refractivity contribution in [1.29, 1.82) is 0 Å². The number of rotatable bonds is 0. The first-order chi connectivity index (χ1) is 7.75. The third kappa shape index (κ3) is 1.28. The number of fused-ring (bicyclic) bond motifs is 3. The van der Waals surface area contributed by atoms with Crippen molar-refractivity contribution in [3.63, 3.8) is 0 Å². The Balaban J connectivity index is 2.39. The summed E-state index contributed by atoms with van der Waals surface area (Å²) in [6.45, 7) is 3.09. The predicted octanol–water partition coefficient (Wildman–Crippen LogP) is 2.35. The lowest BCUT2D eigenvalue weighted by atomic mass is 9.97. The highest BCUT2D eigenvalue weighted by Crippen LogP contribution is 2.28. The molecular formula is C13H13N3. The summed E-state index contributed by atoms with van der Waals surface area (Å²) in [7, 11) is 2.08. The van der Waals surface area contributed by atoms with E-state index in [9.17, 15) is 0 Å². The normalized spacial score (nSPS) is 14.2. The maximum absolute atomic E-state index is 4.43. The van der Waals surface area contributed by atoms with E-state index in [4.69, 9.17) is 0 Å². The van der Waals surface area contributed by atoms with Crippen molar-refractivity contribution in [2.75, 3.05) is 7.05 Å². The topological polar surface area (TPSA) is 29.0 Å². The third-order valence-electron chi connectivity index (χ3n) is 3.04. The van der Waals surface area contributed by atoms with E-state index in [2.05, 4.69) is 47.2 Å². The summed E-state index contributed by atoms with van der Waals surface area (Å²) in [5, 5.41) is 0. The van der Waals surface area contributed by atoms with Gasteiger partial charge in [-0.15, -0.1) is 0 Å². The molecule has 1 aliphatic rings. The van der Waals surface area contributed by atoms with Gasteiger partial charge in [-0.3, -0.25) is 9.97 Å². The second-order valence-electron chi connectivity index (χ2n) is 4.24. The van der Waals surface area contributed by atoms with Crippen molar-refractivity contribution in [2.45, 2.75) is 13.5 Å². The lowest BCUT2D eigenvalue weighted by Crippen LogP contribution is -2.16. The van der Waals surface area contributed by atoms with Crippen LogP contribution in [0.15, 0.2) is 24.7 Å². The maximum Gasteiger partial charge on any atom is 0.0963 e. The zero-order valence-electron chi connectivity index (χ0n) is 9.44. The first-order valence-electron chi connectivity index (χ1n) is 5.37. The van der Waals surface area contributed by atoms with Gasteiger partial charge in [0.25, 0.3) is 0 Å². The summed E-state index contributed by atoms with van der Waals surface area (Å²) >= 11 is 0. The number of benzene rings is 1. The standard InChI is InChI=1S/C13H13N3/c1-9-7-12-13(15-5-4-14-12)10-3-6-16(2)8-11(9)10/h3-7H,8H2,1-2H3. The summed E-state index contributed by atoms with van der Waals surface area (Å²) in [4.78, 5) is 11.0. The Labute approximate surface area is 94.4 Å². The molecule has 0 unspecified atom stereocenters. The van der Waals surface area contributed by atoms with Gasteiger partial charge in [-0.25, -0.2) is 0 Å². The van der Waals surface area contributed by atoms with E-state index in [0.29, 0.717) is 0 Å². The van der Waals surface area contributed by atoms with Crippen LogP contribution in [0.5, 0.6) is 0 Å². The van der Waals surface area contributed by atoms with Crippen LogP contribution in [-0.2, 0) is 6.54 Å². The van der Waals surface area contributed by atoms with Gasteiger partial charge in [0.05, 0.1) is 11.0 Å². The fourth-order valence-electron chi connectivity index (χ4n) is 2.20.